The van der Waals surface area contributed by atoms with Crippen LogP contribution in [0.3, 0.4) is 0 Å². The van der Waals surface area contributed by atoms with E-state index in [9.17, 15) is 0 Å². The summed E-state index contributed by atoms with van der Waals surface area (Å²) >= 11 is 5.85. The molecular formula is C13H13ClN2O. The lowest BCUT2D eigenvalue weighted by atomic mass is 10.1. The number of rotatable bonds is 2. The van der Waals surface area contributed by atoms with Crippen molar-refractivity contribution < 1.29 is 4.42 Å². The number of aromatic nitrogens is 1. The van der Waals surface area contributed by atoms with Crippen molar-refractivity contribution in [3.8, 4) is 11.3 Å². The van der Waals surface area contributed by atoms with Crippen LogP contribution in [0.25, 0.3) is 11.3 Å². The van der Waals surface area contributed by atoms with Gasteiger partial charge in [0.25, 0.3) is 0 Å². The standard InChI is InChI=1S/C13H13ClN2O/c14-11-3-1-9(2-4-11)12-8-16-13(17-12)10-5-6-15-7-10/h1-4,8,10,15H,5-7H2. The summed E-state index contributed by atoms with van der Waals surface area (Å²) in [5.74, 6) is 2.06. The molecule has 1 saturated heterocycles. The molecule has 4 heteroatoms. The Balaban J connectivity index is 1.86. The van der Waals surface area contributed by atoms with Gasteiger partial charge in [0.2, 0.25) is 0 Å². The molecule has 1 unspecified atom stereocenters. The van der Waals surface area contributed by atoms with Crippen molar-refractivity contribution in [3.05, 3.63) is 41.4 Å². The zero-order valence-electron chi connectivity index (χ0n) is 9.32. The average molecular weight is 249 g/mol. The van der Waals surface area contributed by atoms with Gasteiger partial charge in [0.05, 0.1) is 6.20 Å². The van der Waals surface area contributed by atoms with Crippen LogP contribution < -0.4 is 5.32 Å². The van der Waals surface area contributed by atoms with E-state index < -0.39 is 0 Å². The summed E-state index contributed by atoms with van der Waals surface area (Å²) in [6.45, 7) is 2.00. The molecule has 2 aromatic rings. The van der Waals surface area contributed by atoms with Crippen LogP contribution in [0.5, 0.6) is 0 Å². The van der Waals surface area contributed by atoms with E-state index in [1.54, 1.807) is 6.20 Å². The second-order valence-corrected chi connectivity index (χ2v) is 4.70. The SMILES string of the molecule is Clc1ccc(-c2cnc(C3CCNC3)o2)cc1. The van der Waals surface area contributed by atoms with Crippen molar-refractivity contribution in [1.29, 1.82) is 0 Å². The molecule has 1 atom stereocenters. The van der Waals surface area contributed by atoms with Crippen LogP contribution in [0.15, 0.2) is 34.9 Å². The number of benzene rings is 1. The molecule has 0 radical (unpaired) electrons. The molecule has 3 nitrogen and oxygen atoms in total. The smallest absolute Gasteiger partial charge is 0.199 e. The maximum Gasteiger partial charge on any atom is 0.199 e. The third kappa shape index (κ3) is 2.21. The summed E-state index contributed by atoms with van der Waals surface area (Å²) in [6, 6.07) is 7.60. The minimum atomic E-state index is 0.413. The highest BCUT2D eigenvalue weighted by Crippen LogP contribution is 2.27. The Kier molecular flexibility index (Phi) is 2.87. The Labute approximate surface area is 105 Å². The van der Waals surface area contributed by atoms with E-state index in [1.807, 2.05) is 24.3 Å². The molecule has 1 aromatic heterocycles. The molecule has 0 bridgehead atoms. The molecule has 88 valence electrons. The second-order valence-electron chi connectivity index (χ2n) is 4.26. The van der Waals surface area contributed by atoms with Gasteiger partial charge in [-0.25, -0.2) is 4.98 Å². The first-order valence-corrected chi connectivity index (χ1v) is 6.13. The van der Waals surface area contributed by atoms with E-state index >= 15 is 0 Å². The number of halogens is 1. The van der Waals surface area contributed by atoms with E-state index in [4.69, 9.17) is 16.0 Å². The maximum absolute atomic E-state index is 5.85. The molecule has 0 amide bonds. The van der Waals surface area contributed by atoms with Gasteiger partial charge in [-0.2, -0.15) is 0 Å². The van der Waals surface area contributed by atoms with Crippen molar-refractivity contribution in [2.45, 2.75) is 12.3 Å². The first-order chi connectivity index (χ1) is 8.33. The highest BCUT2D eigenvalue weighted by molar-refractivity contribution is 6.30. The van der Waals surface area contributed by atoms with E-state index in [0.29, 0.717) is 5.92 Å². The van der Waals surface area contributed by atoms with Crippen LogP contribution in [0.4, 0.5) is 0 Å². The van der Waals surface area contributed by atoms with Crippen molar-refractivity contribution in [2.75, 3.05) is 13.1 Å². The zero-order valence-corrected chi connectivity index (χ0v) is 10.1. The summed E-state index contributed by atoms with van der Waals surface area (Å²) < 4.78 is 5.80. The molecule has 0 saturated carbocycles. The number of nitrogens with zero attached hydrogens (tertiary/aromatic N) is 1. The van der Waals surface area contributed by atoms with E-state index in [-0.39, 0.29) is 0 Å². The largest absolute Gasteiger partial charge is 0.440 e. The van der Waals surface area contributed by atoms with Gasteiger partial charge in [-0.1, -0.05) is 11.6 Å². The third-order valence-corrected chi connectivity index (χ3v) is 3.31. The van der Waals surface area contributed by atoms with Crippen molar-refractivity contribution in [2.24, 2.45) is 0 Å². The Hall–Kier alpha value is -1.32. The molecule has 1 aromatic carbocycles. The number of hydrogen-bond donors (Lipinski definition) is 1. The van der Waals surface area contributed by atoms with Gasteiger partial charge in [-0.3, -0.25) is 0 Å². The first-order valence-electron chi connectivity index (χ1n) is 5.75. The molecule has 1 N–H and O–H groups in total. The molecular weight excluding hydrogens is 236 g/mol. The quantitative estimate of drug-likeness (QED) is 0.888. The van der Waals surface area contributed by atoms with Gasteiger partial charge in [0, 0.05) is 23.0 Å². The van der Waals surface area contributed by atoms with E-state index in [1.165, 1.54) is 0 Å². The highest BCUT2D eigenvalue weighted by atomic mass is 35.5. The van der Waals surface area contributed by atoms with Crippen molar-refractivity contribution >= 4 is 11.6 Å². The summed E-state index contributed by atoms with van der Waals surface area (Å²) in [6.07, 6.45) is 2.89. The Morgan fingerprint density at radius 1 is 1.29 bits per heavy atom. The van der Waals surface area contributed by atoms with Crippen LogP contribution in [-0.2, 0) is 0 Å². The summed E-state index contributed by atoms with van der Waals surface area (Å²) in [5, 5.41) is 4.04. The lowest BCUT2D eigenvalue weighted by molar-refractivity contribution is 0.467. The number of nitrogens with one attached hydrogen (secondary N) is 1. The van der Waals surface area contributed by atoms with E-state index in [0.717, 1.165) is 41.7 Å². The number of hydrogen-bond acceptors (Lipinski definition) is 3. The molecule has 17 heavy (non-hydrogen) atoms. The molecule has 1 aliphatic rings. The van der Waals surface area contributed by atoms with Crippen LogP contribution in [0.2, 0.25) is 5.02 Å². The molecule has 1 fully saturated rings. The predicted molar refractivity (Wildman–Crippen MR) is 67.2 cm³/mol. The van der Waals surface area contributed by atoms with Gasteiger partial charge < -0.3 is 9.73 Å². The fraction of sp³-hybridized carbons (Fsp3) is 0.308. The fourth-order valence-electron chi connectivity index (χ4n) is 2.09. The summed E-state index contributed by atoms with van der Waals surface area (Å²) in [4.78, 5) is 4.36. The highest BCUT2D eigenvalue weighted by Gasteiger charge is 2.21. The van der Waals surface area contributed by atoms with Gasteiger partial charge in [0.1, 0.15) is 0 Å². The topological polar surface area (TPSA) is 38.1 Å². The molecule has 0 spiro atoms. The monoisotopic (exact) mass is 248 g/mol. The first kappa shape index (κ1) is 10.8. The van der Waals surface area contributed by atoms with Crippen LogP contribution >= 0.6 is 11.6 Å². The van der Waals surface area contributed by atoms with Crippen LogP contribution in [-0.4, -0.2) is 18.1 Å². The third-order valence-electron chi connectivity index (χ3n) is 3.06. The van der Waals surface area contributed by atoms with E-state index in [2.05, 4.69) is 10.3 Å². The number of oxazole rings is 1. The molecule has 0 aliphatic carbocycles. The van der Waals surface area contributed by atoms with Crippen molar-refractivity contribution in [1.82, 2.24) is 10.3 Å². The molecule has 1 aliphatic heterocycles. The van der Waals surface area contributed by atoms with Gasteiger partial charge in [-0.15, -0.1) is 0 Å². The molecule has 3 rings (SSSR count). The normalized spacial score (nSPS) is 19.7. The maximum atomic E-state index is 5.85. The van der Waals surface area contributed by atoms with Crippen molar-refractivity contribution in [3.63, 3.8) is 0 Å². The lowest BCUT2D eigenvalue weighted by Gasteiger charge is -2.01. The predicted octanol–water partition coefficient (Wildman–Crippen LogP) is 3.07. The Morgan fingerprint density at radius 3 is 2.82 bits per heavy atom. The zero-order chi connectivity index (χ0) is 11.7. The fourth-order valence-corrected chi connectivity index (χ4v) is 2.22. The second kappa shape index (κ2) is 4.51. The Bertz CT molecular complexity index is 500. The van der Waals surface area contributed by atoms with Gasteiger partial charge in [-0.05, 0) is 37.2 Å². The van der Waals surface area contributed by atoms with Crippen LogP contribution in [0.1, 0.15) is 18.2 Å². The summed E-state index contributed by atoms with van der Waals surface area (Å²) in [7, 11) is 0. The average Bonchev–Trinajstić information content (AvgIpc) is 3.00. The van der Waals surface area contributed by atoms with Crippen LogP contribution in [0, 0.1) is 0 Å². The Morgan fingerprint density at radius 2 is 2.12 bits per heavy atom. The van der Waals surface area contributed by atoms with Gasteiger partial charge >= 0.3 is 0 Å². The summed E-state index contributed by atoms with van der Waals surface area (Å²) in [5.41, 5.74) is 1.01. The minimum Gasteiger partial charge on any atom is -0.440 e. The minimum absolute atomic E-state index is 0.413. The molecule has 2 heterocycles. The van der Waals surface area contributed by atoms with Gasteiger partial charge in [0.15, 0.2) is 11.7 Å². The lowest BCUT2D eigenvalue weighted by Crippen LogP contribution is -2.07.